The van der Waals surface area contributed by atoms with Crippen LogP contribution in [0.3, 0.4) is 0 Å². The largest absolute Gasteiger partial charge is 0.480 e. The van der Waals surface area contributed by atoms with Gasteiger partial charge in [0.05, 0.1) is 9.95 Å². The Balaban J connectivity index is 2.80. The highest BCUT2D eigenvalue weighted by atomic mass is 35.5. The summed E-state index contributed by atoms with van der Waals surface area (Å²) in [5.41, 5.74) is 6.24. The SMILES string of the molecule is CC(C)(SCc1ccc([N+](=O)[O-])cc1Cl)[C@@H](N)C(=O)O. The Kier molecular flexibility index (Phi) is 5.38. The lowest BCUT2D eigenvalue weighted by Crippen LogP contribution is -2.46. The molecule has 1 aromatic rings. The number of non-ortho nitro benzene ring substituents is 1. The number of nitrogens with zero attached hydrogens (tertiary/aromatic N) is 1. The van der Waals surface area contributed by atoms with Gasteiger partial charge in [0.2, 0.25) is 0 Å². The molecule has 0 spiro atoms. The third-order valence-electron chi connectivity index (χ3n) is 2.86. The van der Waals surface area contributed by atoms with E-state index in [4.69, 9.17) is 22.4 Å². The van der Waals surface area contributed by atoms with Gasteiger partial charge in [0.1, 0.15) is 6.04 Å². The summed E-state index contributed by atoms with van der Waals surface area (Å²) in [5.74, 6) is -0.651. The molecule has 110 valence electrons. The lowest BCUT2D eigenvalue weighted by Gasteiger charge is -2.28. The number of thioether (sulfide) groups is 1. The molecule has 0 aliphatic heterocycles. The molecule has 0 amide bonds. The number of halogens is 1. The van der Waals surface area contributed by atoms with Gasteiger partial charge in [0.15, 0.2) is 0 Å². The molecular weight excluding hydrogens is 304 g/mol. The molecular formula is C12H15ClN2O4S. The highest BCUT2D eigenvalue weighted by Gasteiger charge is 2.32. The van der Waals surface area contributed by atoms with Crippen LogP contribution in [0.15, 0.2) is 18.2 Å². The van der Waals surface area contributed by atoms with E-state index in [1.807, 2.05) is 0 Å². The number of carboxylic acids is 1. The zero-order valence-electron chi connectivity index (χ0n) is 11.0. The van der Waals surface area contributed by atoms with E-state index in [9.17, 15) is 14.9 Å². The van der Waals surface area contributed by atoms with Crippen LogP contribution < -0.4 is 5.73 Å². The molecule has 20 heavy (non-hydrogen) atoms. The average Bonchev–Trinajstić information content (AvgIpc) is 2.35. The van der Waals surface area contributed by atoms with Crippen LogP contribution in [-0.4, -0.2) is 26.8 Å². The summed E-state index contributed by atoms with van der Waals surface area (Å²) < 4.78 is -0.684. The standard InChI is InChI=1S/C12H15ClN2O4S/c1-12(2,10(14)11(16)17)20-6-7-3-4-8(15(18)19)5-9(7)13/h3-5,10H,6,14H2,1-2H3,(H,16,17)/t10-/m0/s1. The smallest absolute Gasteiger partial charge is 0.321 e. The van der Waals surface area contributed by atoms with Crippen molar-refractivity contribution < 1.29 is 14.8 Å². The number of hydrogen-bond donors (Lipinski definition) is 2. The van der Waals surface area contributed by atoms with Gasteiger partial charge in [-0.25, -0.2) is 0 Å². The van der Waals surface area contributed by atoms with Gasteiger partial charge in [0.25, 0.3) is 5.69 Å². The van der Waals surface area contributed by atoms with E-state index >= 15 is 0 Å². The number of carbonyl (C=O) groups is 1. The average molecular weight is 319 g/mol. The van der Waals surface area contributed by atoms with E-state index in [1.165, 1.54) is 23.9 Å². The first-order valence-corrected chi connectivity index (χ1v) is 7.06. The minimum absolute atomic E-state index is 0.0785. The van der Waals surface area contributed by atoms with Crippen molar-refractivity contribution >= 4 is 35.0 Å². The van der Waals surface area contributed by atoms with Gasteiger partial charge in [-0.2, -0.15) is 0 Å². The van der Waals surface area contributed by atoms with Crippen molar-refractivity contribution in [2.24, 2.45) is 5.73 Å². The molecule has 0 bridgehead atoms. The minimum atomic E-state index is -1.07. The number of aliphatic carboxylic acids is 1. The van der Waals surface area contributed by atoms with Crippen molar-refractivity contribution in [3.8, 4) is 0 Å². The van der Waals surface area contributed by atoms with E-state index in [2.05, 4.69) is 0 Å². The minimum Gasteiger partial charge on any atom is -0.480 e. The maximum atomic E-state index is 10.9. The first-order valence-electron chi connectivity index (χ1n) is 5.70. The number of nitrogens with two attached hydrogens (primary N) is 1. The maximum Gasteiger partial charge on any atom is 0.321 e. The first-order chi connectivity index (χ1) is 9.15. The molecule has 1 atom stereocenters. The van der Waals surface area contributed by atoms with Crippen molar-refractivity contribution in [1.29, 1.82) is 0 Å². The number of nitro benzene ring substituents is 1. The molecule has 8 heteroatoms. The molecule has 0 radical (unpaired) electrons. The van der Waals surface area contributed by atoms with Crippen molar-refractivity contribution in [2.75, 3.05) is 0 Å². The summed E-state index contributed by atoms with van der Waals surface area (Å²) in [6, 6.07) is 3.20. The Hall–Kier alpha value is -1.31. The third-order valence-corrected chi connectivity index (χ3v) is 4.67. The fourth-order valence-corrected chi connectivity index (χ4v) is 2.80. The topological polar surface area (TPSA) is 106 Å². The van der Waals surface area contributed by atoms with Gasteiger partial charge in [-0.3, -0.25) is 14.9 Å². The van der Waals surface area contributed by atoms with Crippen LogP contribution in [0.1, 0.15) is 19.4 Å². The molecule has 0 aromatic heterocycles. The number of benzene rings is 1. The third kappa shape index (κ3) is 4.09. The van der Waals surface area contributed by atoms with Crippen LogP contribution >= 0.6 is 23.4 Å². The quantitative estimate of drug-likeness (QED) is 0.617. The Morgan fingerprint density at radius 3 is 2.65 bits per heavy atom. The predicted octanol–water partition coefficient (Wildman–Crippen LogP) is 2.67. The zero-order valence-corrected chi connectivity index (χ0v) is 12.6. The summed E-state index contributed by atoms with van der Waals surface area (Å²) in [5, 5.41) is 19.8. The lowest BCUT2D eigenvalue weighted by molar-refractivity contribution is -0.384. The van der Waals surface area contributed by atoms with Gasteiger partial charge in [-0.15, -0.1) is 11.8 Å². The molecule has 1 aromatic carbocycles. The monoisotopic (exact) mass is 318 g/mol. The fraction of sp³-hybridized carbons (Fsp3) is 0.417. The predicted molar refractivity (Wildman–Crippen MR) is 79.1 cm³/mol. The van der Waals surface area contributed by atoms with E-state index in [-0.39, 0.29) is 10.7 Å². The highest BCUT2D eigenvalue weighted by Crippen LogP contribution is 2.33. The van der Waals surface area contributed by atoms with E-state index in [0.29, 0.717) is 11.3 Å². The van der Waals surface area contributed by atoms with Crippen LogP contribution in [0.25, 0.3) is 0 Å². The Labute approximate surface area is 125 Å². The summed E-state index contributed by atoms with van der Waals surface area (Å²) in [6.45, 7) is 3.46. The molecule has 3 N–H and O–H groups in total. The number of carboxylic acid groups (broad SMARTS) is 1. The Bertz CT molecular complexity index is 536. The van der Waals surface area contributed by atoms with Crippen LogP contribution in [0.2, 0.25) is 5.02 Å². The molecule has 6 nitrogen and oxygen atoms in total. The van der Waals surface area contributed by atoms with Crippen LogP contribution in [0, 0.1) is 10.1 Å². The van der Waals surface area contributed by atoms with Crippen LogP contribution in [-0.2, 0) is 10.5 Å². The van der Waals surface area contributed by atoms with Gasteiger partial charge in [-0.1, -0.05) is 11.6 Å². The van der Waals surface area contributed by atoms with Crippen molar-refractivity contribution in [2.45, 2.75) is 30.4 Å². The van der Waals surface area contributed by atoms with Crippen molar-refractivity contribution in [1.82, 2.24) is 0 Å². The van der Waals surface area contributed by atoms with Crippen LogP contribution in [0.5, 0.6) is 0 Å². The lowest BCUT2D eigenvalue weighted by atomic mass is 10.1. The Morgan fingerprint density at radius 1 is 1.60 bits per heavy atom. The summed E-state index contributed by atoms with van der Waals surface area (Å²) >= 11 is 7.32. The second-order valence-electron chi connectivity index (χ2n) is 4.74. The molecule has 0 fully saturated rings. The van der Waals surface area contributed by atoms with Gasteiger partial charge < -0.3 is 10.8 Å². The van der Waals surface area contributed by atoms with Crippen molar-refractivity contribution in [3.63, 3.8) is 0 Å². The molecule has 0 saturated carbocycles. The molecule has 0 heterocycles. The van der Waals surface area contributed by atoms with E-state index in [0.717, 1.165) is 0 Å². The normalized spacial score (nSPS) is 13.0. The second kappa shape index (κ2) is 6.43. The summed E-state index contributed by atoms with van der Waals surface area (Å²) in [7, 11) is 0. The second-order valence-corrected chi connectivity index (χ2v) is 6.78. The molecule has 0 aliphatic carbocycles. The number of rotatable bonds is 6. The van der Waals surface area contributed by atoms with E-state index < -0.39 is 21.7 Å². The maximum absolute atomic E-state index is 10.9. The van der Waals surface area contributed by atoms with Crippen molar-refractivity contribution in [3.05, 3.63) is 38.9 Å². The van der Waals surface area contributed by atoms with Crippen LogP contribution in [0.4, 0.5) is 5.69 Å². The zero-order chi connectivity index (χ0) is 15.5. The van der Waals surface area contributed by atoms with E-state index in [1.54, 1.807) is 19.9 Å². The fourth-order valence-electron chi connectivity index (χ4n) is 1.42. The highest BCUT2D eigenvalue weighted by molar-refractivity contribution is 7.99. The van der Waals surface area contributed by atoms with Gasteiger partial charge in [0, 0.05) is 22.6 Å². The number of nitro groups is 1. The Morgan fingerprint density at radius 2 is 2.20 bits per heavy atom. The molecule has 1 rings (SSSR count). The molecule has 0 aliphatic rings. The summed E-state index contributed by atoms with van der Waals surface area (Å²) in [6.07, 6.45) is 0. The molecule has 0 saturated heterocycles. The summed E-state index contributed by atoms with van der Waals surface area (Å²) in [4.78, 5) is 21.0. The molecule has 0 unspecified atom stereocenters. The van der Waals surface area contributed by atoms with Gasteiger partial charge in [-0.05, 0) is 25.5 Å². The number of hydrogen-bond acceptors (Lipinski definition) is 5. The first kappa shape index (κ1) is 16.7. The van der Waals surface area contributed by atoms with Gasteiger partial charge >= 0.3 is 5.97 Å².